The van der Waals surface area contributed by atoms with Crippen molar-refractivity contribution in [1.29, 1.82) is 0 Å². The molecule has 0 atom stereocenters. The van der Waals surface area contributed by atoms with E-state index < -0.39 is 21.9 Å². The Hall–Kier alpha value is -1.86. The van der Waals surface area contributed by atoms with E-state index in [0.29, 0.717) is 0 Å². The van der Waals surface area contributed by atoms with E-state index in [1.807, 2.05) is 0 Å². The van der Waals surface area contributed by atoms with Crippen LogP contribution >= 0.6 is 0 Å². The molecule has 0 aromatic heterocycles. The molecule has 9 heteroatoms. The lowest BCUT2D eigenvalue weighted by atomic mass is 10.3. The summed E-state index contributed by atoms with van der Waals surface area (Å²) in [6.45, 7) is 0. The zero-order chi connectivity index (χ0) is 13.1. The molecule has 5 nitrogen and oxygen atoms in total. The molecular formula is C8H5F3N2O3S. The maximum atomic E-state index is 11.8. The van der Waals surface area contributed by atoms with Gasteiger partial charge < -0.3 is 10.3 Å². The summed E-state index contributed by atoms with van der Waals surface area (Å²) in [4.78, 5) is 2.03. The Kier molecular flexibility index (Phi) is 3.54. The Morgan fingerprint density at radius 1 is 1.24 bits per heavy atom. The average Bonchev–Trinajstić information content (AvgIpc) is 2.15. The molecule has 0 saturated heterocycles. The Balaban J connectivity index is 3.01. The zero-order valence-corrected chi connectivity index (χ0v) is 8.86. The van der Waals surface area contributed by atoms with Gasteiger partial charge in [-0.15, -0.1) is 13.2 Å². The van der Waals surface area contributed by atoms with Crippen molar-refractivity contribution in [1.82, 2.24) is 0 Å². The quantitative estimate of drug-likeness (QED) is 0.361. The van der Waals surface area contributed by atoms with Gasteiger partial charge in [0.15, 0.2) is 0 Å². The first kappa shape index (κ1) is 13.2. The minimum atomic E-state index is -4.84. The van der Waals surface area contributed by atoms with Gasteiger partial charge in [-0.3, -0.25) is 0 Å². The predicted octanol–water partition coefficient (Wildman–Crippen LogP) is 1.62. The summed E-state index contributed by atoms with van der Waals surface area (Å²) in [5, 5.41) is 0. The summed E-state index contributed by atoms with van der Waals surface area (Å²) in [5.41, 5.74) is 8.36. The van der Waals surface area contributed by atoms with Gasteiger partial charge in [0.25, 0.3) is 9.84 Å². The molecule has 0 N–H and O–H groups in total. The molecule has 0 amide bonds. The standard InChI is InChI=1S/C8H5F3N2O3S/c9-8(10,11)16-6-1-3-7(4-2-6)17(14,15)5-13-12/h1-5H. The second-order valence-corrected chi connectivity index (χ2v) is 4.56. The van der Waals surface area contributed by atoms with E-state index in [1.54, 1.807) is 0 Å². The Morgan fingerprint density at radius 2 is 1.76 bits per heavy atom. The number of benzene rings is 1. The third kappa shape index (κ3) is 3.89. The van der Waals surface area contributed by atoms with Crippen molar-refractivity contribution in [2.75, 3.05) is 0 Å². The van der Waals surface area contributed by atoms with E-state index >= 15 is 0 Å². The minimum Gasteiger partial charge on any atom is -0.406 e. The molecule has 1 rings (SSSR count). The fourth-order valence-electron chi connectivity index (χ4n) is 0.954. The van der Waals surface area contributed by atoms with Gasteiger partial charge in [0, 0.05) is 0 Å². The molecule has 0 radical (unpaired) electrons. The van der Waals surface area contributed by atoms with E-state index in [4.69, 9.17) is 5.53 Å². The lowest BCUT2D eigenvalue weighted by Crippen LogP contribution is -2.17. The van der Waals surface area contributed by atoms with Crippen LogP contribution in [0.3, 0.4) is 0 Å². The van der Waals surface area contributed by atoms with Crippen LogP contribution in [0.25, 0.3) is 5.53 Å². The van der Waals surface area contributed by atoms with Gasteiger partial charge >= 0.3 is 11.9 Å². The summed E-state index contributed by atoms with van der Waals surface area (Å²) in [5.74, 6) is -0.544. The first-order valence-electron chi connectivity index (χ1n) is 4.03. The summed E-state index contributed by atoms with van der Waals surface area (Å²) in [6, 6.07) is 3.48. The van der Waals surface area contributed by atoms with Gasteiger partial charge in [-0.05, 0) is 24.3 Å². The van der Waals surface area contributed by atoms with Crippen LogP contribution in [-0.4, -0.2) is 25.1 Å². The Bertz CT molecular complexity index is 544. The zero-order valence-electron chi connectivity index (χ0n) is 8.05. The number of ether oxygens (including phenoxy) is 1. The van der Waals surface area contributed by atoms with Crippen LogP contribution in [0, 0.1) is 0 Å². The molecule has 0 fully saturated rings. The summed E-state index contributed by atoms with van der Waals surface area (Å²) < 4.78 is 61.5. The maximum absolute atomic E-state index is 11.8. The SMILES string of the molecule is [N-]=[N+]=CS(=O)(=O)c1ccc(OC(F)(F)F)cc1. The molecular weight excluding hydrogens is 261 g/mol. The van der Waals surface area contributed by atoms with Gasteiger partial charge in [0.1, 0.15) is 5.75 Å². The molecule has 1 aromatic rings. The van der Waals surface area contributed by atoms with Crippen molar-refractivity contribution < 1.29 is 31.1 Å². The number of hydrogen-bond acceptors (Lipinski definition) is 3. The van der Waals surface area contributed by atoms with Gasteiger partial charge in [-0.25, -0.2) is 8.42 Å². The van der Waals surface area contributed by atoms with Crippen LogP contribution in [0.1, 0.15) is 0 Å². The summed E-state index contributed by atoms with van der Waals surface area (Å²) >= 11 is 0. The van der Waals surface area contributed by atoms with Gasteiger partial charge in [-0.2, -0.15) is 4.79 Å². The number of nitrogens with zero attached hydrogens (tertiary/aromatic N) is 2. The second-order valence-electron chi connectivity index (χ2n) is 2.79. The summed E-state index contributed by atoms with van der Waals surface area (Å²) in [6.07, 6.45) is -4.84. The van der Waals surface area contributed by atoms with E-state index in [1.165, 1.54) is 0 Å². The fourth-order valence-corrected chi connectivity index (χ4v) is 1.72. The van der Waals surface area contributed by atoms with Crippen molar-refractivity contribution in [3.05, 3.63) is 29.8 Å². The average molecular weight is 266 g/mol. The van der Waals surface area contributed by atoms with Crippen molar-refractivity contribution in [2.45, 2.75) is 11.3 Å². The van der Waals surface area contributed by atoms with Crippen molar-refractivity contribution in [3.8, 4) is 5.75 Å². The minimum absolute atomic E-state index is 0.270. The lowest BCUT2D eigenvalue weighted by molar-refractivity contribution is -0.274. The second kappa shape index (κ2) is 4.56. The molecule has 0 aliphatic rings. The molecule has 0 heterocycles. The number of rotatable bonds is 3. The highest BCUT2D eigenvalue weighted by Gasteiger charge is 2.31. The van der Waals surface area contributed by atoms with Crippen LogP contribution in [0.4, 0.5) is 13.2 Å². The molecule has 0 spiro atoms. The summed E-state index contributed by atoms with van der Waals surface area (Å²) in [7, 11) is -3.95. The first-order chi connectivity index (χ1) is 7.74. The van der Waals surface area contributed by atoms with Gasteiger partial charge in [0.2, 0.25) is 0 Å². The number of alkyl halides is 3. The van der Waals surface area contributed by atoms with Gasteiger partial charge in [-0.1, -0.05) is 0 Å². The third-order valence-electron chi connectivity index (χ3n) is 1.57. The van der Waals surface area contributed by atoms with E-state index in [0.717, 1.165) is 24.3 Å². The largest absolute Gasteiger partial charge is 0.573 e. The highest BCUT2D eigenvalue weighted by Crippen LogP contribution is 2.23. The fraction of sp³-hybridized carbons (Fsp3) is 0.125. The first-order valence-corrected chi connectivity index (χ1v) is 5.57. The molecule has 92 valence electrons. The number of sulfone groups is 1. The van der Waals surface area contributed by atoms with E-state index in [-0.39, 0.29) is 10.4 Å². The van der Waals surface area contributed by atoms with Crippen LogP contribution in [0.15, 0.2) is 29.2 Å². The predicted molar refractivity (Wildman–Crippen MR) is 50.0 cm³/mol. The van der Waals surface area contributed by atoms with Crippen molar-refractivity contribution >= 4 is 15.4 Å². The van der Waals surface area contributed by atoms with Crippen molar-refractivity contribution in [3.63, 3.8) is 0 Å². The lowest BCUT2D eigenvalue weighted by Gasteiger charge is -2.08. The van der Waals surface area contributed by atoms with Crippen LogP contribution in [0.5, 0.6) is 5.75 Å². The molecule has 0 aliphatic carbocycles. The molecule has 0 unspecified atom stereocenters. The number of hydrogen-bond donors (Lipinski definition) is 0. The monoisotopic (exact) mass is 266 g/mol. The van der Waals surface area contributed by atoms with E-state index in [2.05, 4.69) is 9.53 Å². The smallest absolute Gasteiger partial charge is 0.406 e. The van der Waals surface area contributed by atoms with Crippen LogP contribution in [-0.2, 0) is 9.84 Å². The highest BCUT2D eigenvalue weighted by atomic mass is 32.2. The molecule has 17 heavy (non-hydrogen) atoms. The van der Waals surface area contributed by atoms with E-state index in [9.17, 15) is 21.6 Å². The highest BCUT2D eigenvalue weighted by molar-refractivity contribution is 8.04. The topological polar surface area (TPSA) is 79.8 Å². The maximum Gasteiger partial charge on any atom is 0.573 e. The molecule has 1 aromatic carbocycles. The Labute approximate surface area is 94.0 Å². The van der Waals surface area contributed by atoms with Crippen molar-refractivity contribution in [2.24, 2.45) is 0 Å². The van der Waals surface area contributed by atoms with Crippen LogP contribution < -0.4 is 4.74 Å². The molecule has 0 aliphatic heterocycles. The Morgan fingerprint density at radius 3 is 2.18 bits per heavy atom. The third-order valence-corrected chi connectivity index (χ3v) is 2.87. The van der Waals surface area contributed by atoms with Crippen LogP contribution in [0.2, 0.25) is 0 Å². The van der Waals surface area contributed by atoms with Gasteiger partial charge in [0.05, 0.1) is 4.90 Å². The molecule has 0 saturated carbocycles. The molecule has 0 bridgehead atoms. The normalized spacial score (nSPS) is 11.7. The number of halogens is 3.